The SMILES string of the molecule is CCCC[C@H](O)[C@H](O)CCO. The highest BCUT2D eigenvalue weighted by molar-refractivity contribution is 4.66. The van der Waals surface area contributed by atoms with Gasteiger partial charge >= 0.3 is 0 Å². The van der Waals surface area contributed by atoms with Crippen molar-refractivity contribution < 1.29 is 15.3 Å². The van der Waals surface area contributed by atoms with Gasteiger partial charge in [0, 0.05) is 6.61 Å². The van der Waals surface area contributed by atoms with Crippen molar-refractivity contribution in [3.05, 3.63) is 0 Å². The van der Waals surface area contributed by atoms with Gasteiger partial charge in [-0.05, 0) is 12.8 Å². The molecular weight excluding hydrogens is 144 g/mol. The highest BCUT2D eigenvalue weighted by Crippen LogP contribution is 2.06. The third-order valence-corrected chi connectivity index (χ3v) is 1.72. The van der Waals surface area contributed by atoms with Crippen molar-refractivity contribution >= 4 is 0 Å². The van der Waals surface area contributed by atoms with E-state index in [-0.39, 0.29) is 13.0 Å². The quantitative estimate of drug-likeness (QED) is 0.525. The van der Waals surface area contributed by atoms with Crippen molar-refractivity contribution in [2.45, 2.75) is 44.8 Å². The van der Waals surface area contributed by atoms with Crippen LogP contribution in [0.5, 0.6) is 0 Å². The topological polar surface area (TPSA) is 60.7 Å². The Balaban J connectivity index is 3.38. The number of hydrogen-bond donors (Lipinski definition) is 3. The molecule has 0 fully saturated rings. The highest BCUT2D eigenvalue weighted by atomic mass is 16.3. The summed E-state index contributed by atoms with van der Waals surface area (Å²) < 4.78 is 0. The lowest BCUT2D eigenvalue weighted by atomic mass is 10.1. The van der Waals surface area contributed by atoms with Crippen LogP contribution in [0.1, 0.15) is 32.6 Å². The van der Waals surface area contributed by atoms with Gasteiger partial charge < -0.3 is 15.3 Å². The molecular formula is C8H18O3. The zero-order valence-corrected chi connectivity index (χ0v) is 7.03. The molecule has 0 saturated heterocycles. The average molecular weight is 162 g/mol. The molecule has 3 nitrogen and oxygen atoms in total. The summed E-state index contributed by atoms with van der Waals surface area (Å²) in [4.78, 5) is 0. The molecule has 0 unspecified atom stereocenters. The van der Waals surface area contributed by atoms with Crippen molar-refractivity contribution in [3.8, 4) is 0 Å². The van der Waals surface area contributed by atoms with Gasteiger partial charge in [-0.25, -0.2) is 0 Å². The maximum Gasteiger partial charge on any atom is 0.0820 e. The Hall–Kier alpha value is -0.120. The maximum absolute atomic E-state index is 9.22. The number of aliphatic hydroxyl groups is 3. The standard InChI is InChI=1S/C8H18O3/c1-2-3-4-7(10)8(11)5-6-9/h7-11H,2-6H2,1H3/t7-,8+/m0/s1. The van der Waals surface area contributed by atoms with Gasteiger partial charge in [0.15, 0.2) is 0 Å². The second-order valence-electron chi connectivity index (χ2n) is 2.79. The van der Waals surface area contributed by atoms with Crippen LogP contribution in [-0.2, 0) is 0 Å². The van der Waals surface area contributed by atoms with Crippen LogP contribution in [0.4, 0.5) is 0 Å². The Morgan fingerprint density at radius 1 is 1.09 bits per heavy atom. The summed E-state index contributed by atoms with van der Waals surface area (Å²) >= 11 is 0. The smallest absolute Gasteiger partial charge is 0.0820 e. The summed E-state index contributed by atoms with van der Waals surface area (Å²) in [6.45, 7) is 1.97. The van der Waals surface area contributed by atoms with Crippen LogP contribution in [-0.4, -0.2) is 34.1 Å². The molecule has 0 amide bonds. The third kappa shape index (κ3) is 5.18. The van der Waals surface area contributed by atoms with Crippen molar-refractivity contribution in [3.63, 3.8) is 0 Å². The van der Waals surface area contributed by atoms with Crippen molar-refractivity contribution in [1.29, 1.82) is 0 Å². The minimum Gasteiger partial charge on any atom is -0.396 e. The molecule has 0 saturated carbocycles. The van der Waals surface area contributed by atoms with Crippen LogP contribution in [0.25, 0.3) is 0 Å². The zero-order valence-electron chi connectivity index (χ0n) is 7.03. The third-order valence-electron chi connectivity index (χ3n) is 1.72. The molecule has 0 heterocycles. The monoisotopic (exact) mass is 162 g/mol. The van der Waals surface area contributed by atoms with E-state index in [1.54, 1.807) is 0 Å². The van der Waals surface area contributed by atoms with Gasteiger partial charge in [0.25, 0.3) is 0 Å². The van der Waals surface area contributed by atoms with Crippen LogP contribution in [0.15, 0.2) is 0 Å². The summed E-state index contributed by atoms with van der Waals surface area (Å²) in [5.41, 5.74) is 0. The molecule has 0 aromatic rings. The molecule has 0 aliphatic carbocycles. The first-order valence-corrected chi connectivity index (χ1v) is 4.19. The van der Waals surface area contributed by atoms with Crippen LogP contribution >= 0.6 is 0 Å². The number of hydrogen-bond acceptors (Lipinski definition) is 3. The first-order valence-electron chi connectivity index (χ1n) is 4.19. The highest BCUT2D eigenvalue weighted by Gasteiger charge is 2.13. The summed E-state index contributed by atoms with van der Waals surface area (Å²) in [7, 11) is 0. The Morgan fingerprint density at radius 2 is 1.64 bits per heavy atom. The second kappa shape index (κ2) is 6.58. The minimum absolute atomic E-state index is 0.0651. The molecule has 0 spiro atoms. The van der Waals surface area contributed by atoms with E-state index >= 15 is 0 Å². The van der Waals surface area contributed by atoms with Gasteiger partial charge in [0.2, 0.25) is 0 Å². The Kier molecular flexibility index (Phi) is 6.51. The van der Waals surface area contributed by atoms with Gasteiger partial charge in [-0.3, -0.25) is 0 Å². The van der Waals surface area contributed by atoms with E-state index in [4.69, 9.17) is 10.2 Å². The van der Waals surface area contributed by atoms with E-state index in [0.29, 0.717) is 6.42 Å². The predicted molar refractivity (Wildman–Crippen MR) is 43.2 cm³/mol. The second-order valence-corrected chi connectivity index (χ2v) is 2.79. The van der Waals surface area contributed by atoms with Gasteiger partial charge in [0.05, 0.1) is 12.2 Å². The summed E-state index contributed by atoms with van der Waals surface area (Å²) in [5.74, 6) is 0. The first kappa shape index (κ1) is 10.9. The lowest BCUT2D eigenvalue weighted by molar-refractivity contribution is 0.000134. The van der Waals surface area contributed by atoms with Crippen LogP contribution in [0, 0.1) is 0 Å². The Labute approximate surface area is 67.7 Å². The molecule has 68 valence electrons. The molecule has 0 rings (SSSR count). The van der Waals surface area contributed by atoms with Crippen LogP contribution in [0.3, 0.4) is 0 Å². The van der Waals surface area contributed by atoms with E-state index in [9.17, 15) is 5.11 Å². The summed E-state index contributed by atoms with van der Waals surface area (Å²) in [6.07, 6.45) is 1.41. The largest absolute Gasteiger partial charge is 0.396 e. The van der Waals surface area contributed by atoms with E-state index in [2.05, 4.69) is 0 Å². The van der Waals surface area contributed by atoms with Crippen molar-refractivity contribution in [2.24, 2.45) is 0 Å². The molecule has 3 N–H and O–H groups in total. The molecule has 0 bridgehead atoms. The van der Waals surface area contributed by atoms with Gasteiger partial charge in [-0.1, -0.05) is 19.8 Å². The zero-order chi connectivity index (χ0) is 8.69. The summed E-state index contributed by atoms with van der Waals surface area (Å²) in [6, 6.07) is 0. The molecule has 0 aromatic carbocycles. The fraction of sp³-hybridized carbons (Fsp3) is 1.00. The fourth-order valence-electron chi connectivity index (χ4n) is 0.930. The lowest BCUT2D eigenvalue weighted by Gasteiger charge is -2.15. The molecule has 0 radical (unpaired) electrons. The number of rotatable bonds is 6. The Bertz CT molecular complexity index is 85.4. The van der Waals surface area contributed by atoms with Gasteiger partial charge in [-0.15, -0.1) is 0 Å². The van der Waals surface area contributed by atoms with E-state index in [0.717, 1.165) is 12.8 Å². The number of aliphatic hydroxyl groups excluding tert-OH is 3. The van der Waals surface area contributed by atoms with Gasteiger partial charge in [-0.2, -0.15) is 0 Å². The van der Waals surface area contributed by atoms with Crippen LogP contribution < -0.4 is 0 Å². The molecule has 11 heavy (non-hydrogen) atoms. The minimum atomic E-state index is -0.758. The average Bonchev–Trinajstić information content (AvgIpc) is 2.00. The molecule has 0 aromatic heterocycles. The lowest BCUT2D eigenvalue weighted by Crippen LogP contribution is -2.26. The summed E-state index contributed by atoms with van der Waals surface area (Å²) in [5, 5.41) is 26.8. The maximum atomic E-state index is 9.22. The number of unbranched alkanes of at least 4 members (excludes halogenated alkanes) is 1. The van der Waals surface area contributed by atoms with E-state index in [1.807, 2.05) is 6.92 Å². The molecule has 2 atom stereocenters. The molecule has 0 aliphatic heterocycles. The molecule has 0 aliphatic rings. The molecule has 3 heteroatoms. The first-order chi connectivity index (χ1) is 5.22. The van der Waals surface area contributed by atoms with Crippen LogP contribution in [0.2, 0.25) is 0 Å². The van der Waals surface area contributed by atoms with Crippen molar-refractivity contribution in [2.75, 3.05) is 6.61 Å². The fourth-order valence-corrected chi connectivity index (χ4v) is 0.930. The van der Waals surface area contributed by atoms with E-state index < -0.39 is 12.2 Å². The van der Waals surface area contributed by atoms with Gasteiger partial charge in [0.1, 0.15) is 0 Å². The van der Waals surface area contributed by atoms with E-state index in [1.165, 1.54) is 0 Å². The van der Waals surface area contributed by atoms with Crippen molar-refractivity contribution in [1.82, 2.24) is 0 Å². The normalized spacial score (nSPS) is 16.4. The Morgan fingerprint density at radius 3 is 2.09 bits per heavy atom. The predicted octanol–water partition coefficient (Wildman–Crippen LogP) is 0.281.